The van der Waals surface area contributed by atoms with Gasteiger partial charge in [0.25, 0.3) is 0 Å². The van der Waals surface area contributed by atoms with Crippen LogP contribution < -0.4 is 0 Å². The molecule has 2 rings (SSSR count). The molecular weight excluding hydrogens is 368 g/mol. The van der Waals surface area contributed by atoms with Gasteiger partial charge in [-0.05, 0) is 17.5 Å². The Labute approximate surface area is 172 Å². The number of rotatable bonds is 12. The van der Waals surface area contributed by atoms with Gasteiger partial charge in [0, 0.05) is 6.42 Å². The van der Waals surface area contributed by atoms with Crippen LogP contribution >= 0.6 is 0 Å². The van der Waals surface area contributed by atoms with Gasteiger partial charge in [-0.1, -0.05) is 86.8 Å². The van der Waals surface area contributed by atoms with Gasteiger partial charge in [-0.2, -0.15) is 0 Å². The van der Waals surface area contributed by atoms with Crippen molar-refractivity contribution < 1.29 is 24.9 Å². The highest BCUT2D eigenvalue weighted by Crippen LogP contribution is 2.50. The topological polar surface area (TPSA) is 94.8 Å². The Morgan fingerprint density at radius 1 is 0.897 bits per heavy atom. The number of carbonyl (C=O) groups is 2. The van der Waals surface area contributed by atoms with Crippen molar-refractivity contribution in [3.63, 3.8) is 0 Å². The van der Waals surface area contributed by atoms with E-state index in [0.717, 1.165) is 12.8 Å². The first-order chi connectivity index (χ1) is 14.0. The Morgan fingerprint density at radius 3 is 1.79 bits per heavy atom. The molecule has 3 N–H and O–H groups in total. The molecule has 0 fully saturated rings. The van der Waals surface area contributed by atoms with Gasteiger partial charge in [0.15, 0.2) is 6.29 Å². The lowest BCUT2D eigenvalue weighted by Crippen LogP contribution is -2.64. The van der Waals surface area contributed by atoms with Crippen molar-refractivity contribution in [2.75, 3.05) is 0 Å². The van der Waals surface area contributed by atoms with Crippen molar-refractivity contribution in [1.29, 1.82) is 0 Å². The third-order valence-corrected chi connectivity index (χ3v) is 5.85. The zero-order valence-corrected chi connectivity index (χ0v) is 16.8. The number of hydrogen-bond donors (Lipinski definition) is 3. The average molecular weight is 398 g/mol. The molecule has 0 saturated heterocycles. The Kier molecular flexibility index (Phi) is 8.26. The second kappa shape index (κ2) is 10.4. The molecule has 0 radical (unpaired) electrons. The van der Waals surface area contributed by atoms with Gasteiger partial charge in [-0.15, -0.1) is 0 Å². The van der Waals surface area contributed by atoms with Gasteiger partial charge < -0.3 is 24.9 Å². The Hall–Kier alpha value is -2.34. The van der Waals surface area contributed by atoms with E-state index in [4.69, 9.17) is 0 Å². The molecule has 0 aliphatic carbocycles. The maximum Gasteiger partial charge on any atom is 0.183 e. The van der Waals surface area contributed by atoms with Crippen molar-refractivity contribution in [2.45, 2.75) is 56.3 Å². The molecule has 2 unspecified atom stereocenters. The summed E-state index contributed by atoms with van der Waals surface area (Å²) in [6, 6.07) is 18.2. The fraction of sp³-hybridized carbons (Fsp3) is 0.417. The molecule has 0 aliphatic rings. The van der Waals surface area contributed by atoms with Gasteiger partial charge in [-0.25, -0.2) is 0 Å². The summed E-state index contributed by atoms with van der Waals surface area (Å²) < 4.78 is 0. The number of unbranched alkanes of at least 4 members (excludes halogenated alkanes) is 2. The number of aliphatic hydroxyl groups excluding tert-OH is 1. The van der Waals surface area contributed by atoms with Crippen LogP contribution in [0.25, 0.3) is 0 Å². The molecule has 156 valence electrons. The van der Waals surface area contributed by atoms with E-state index in [0.29, 0.717) is 36.5 Å². The van der Waals surface area contributed by atoms with E-state index in [1.165, 1.54) is 0 Å². The molecule has 29 heavy (non-hydrogen) atoms. The van der Waals surface area contributed by atoms with E-state index in [9.17, 15) is 24.9 Å². The summed E-state index contributed by atoms with van der Waals surface area (Å²) in [7, 11) is 0. The molecular formula is C24H30O5. The minimum absolute atomic E-state index is 0.313. The first kappa shape index (κ1) is 22.9. The second-order valence-corrected chi connectivity index (χ2v) is 7.44. The van der Waals surface area contributed by atoms with Crippen molar-refractivity contribution in [3.05, 3.63) is 71.8 Å². The minimum Gasteiger partial charge on any atom is -0.383 e. The Balaban J connectivity index is 2.87. The summed E-state index contributed by atoms with van der Waals surface area (Å²) in [4.78, 5) is 23.2. The largest absolute Gasteiger partial charge is 0.383 e. The first-order valence-electron chi connectivity index (χ1n) is 10.1. The highest BCUT2D eigenvalue weighted by atomic mass is 16.5. The molecule has 2 aromatic carbocycles. The number of aliphatic hydroxyl groups is 3. The van der Waals surface area contributed by atoms with Gasteiger partial charge in [0.05, 0.1) is 11.3 Å². The fourth-order valence-corrected chi connectivity index (χ4v) is 4.37. The highest BCUT2D eigenvalue weighted by Gasteiger charge is 2.60. The molecule has 5 nitrogen and oxygen atoms in total. The molecule has 5 heteroatoms. The Bertz CT molecular complexity index is 720. The van der Waals surface area contributed by atoms with Crippen molar-refractivity contribution in [1.82, 2.24) is 0 Å². The maximum absolute atomic E-state index is 11.9. The van der Waals surface area contributed by atoms with E-state index < -0.39 is 23.2 Å². The summed E-state index contributed by atoms with van der Waals surface area (Å²) in [5.74, 6) is -1.29. The third kappa shape index (κ3) is 4.32. The van der Waals surface area contributed by atoms with Crippen LogP contribution in [0.3, 0.4) is 0 Å². The minimum atomic E-state index is -2.30. The monoisotopic (exact) mass is 398 g/mol. The van der Waals surface area contributed by atoms with Crippen LogP contribution in [0.5, 0.6) is 0 Å². The van der Waals surface area contributed by atoms with Crippen LogP contribution in [-0.4, -0.2) is 39.8 Å². The number of benzene rings is 2. The molecule has 0 aromatic heterocycles. The van der Waals surface area contributed by atoms with E-state index in [1.54, 1.807) is 0 Å². The lowest BCUT2D eigenvalue weighted by molar-refractivity contribution is -0.231. The van der Waals surface area contributed by atoms with Crippen LogP contribution in [0.15, 0.2) is 60.7 Å². The molecule has 0 bridgehead atoms. The third-order valence-electron chi connectivity index (χ3n) is 5.85. The van der Waals surface area contributed by atoms with Crippen LogP contribution in [0.1, 0.15) is 50.2 Å². The predicted octanol–water partition coefficient (Wildman–Crippen LogP) is 3.00. The standard InChI is InChI=1S/C24H30O5/c1-2-3-10-16-23(19-11-6-4-7-12-19,20-13-8-5-9-14-20)24(29,22(27)28)21(18-26)15-17-25/h4-9,11-14,17-18,21-22,27-29H,2-3,10,15-16H2,1H3. The molecule has 0 amide bonds. The first-order valence-corrected chi connectivity index (χ1v) is 10.1. The van der Waals surface area contributed by atoms with E-state index in [2.05, 4.69) is 6.92 Å². The SMILES string of the molecule is CCCCCC(c1ccccc1)(c1ccccc1)C(O)(C(O)O)C(C=O)CC=O. The van der Waals surface area contributed by atoms with Gasteiger partial charge in [-0.3, -0.25) is 0 Å². The van der Waals surface area contributed by atoms with E-state index >= 15 is 0 Å². The normalized spacial score (nSPS) is 14.9. The summed E-state index contributed by atoms with van der Waals surface area (Å²) in [5.41, 5.74) is -2.27. The van der Waals surface area contributed by atoms with Gasteiger partial charge in [0.2, 0.25) is 0 Å². The van der Waals surface area contributed by atoms with Crippen molar-refractivity contribution in [2.24, 2.45) is 5.92 Å². The van der Waals surface area contributed by atoms with Crippen LogP contribution in [0.4, 0.5) is 0 Å². The zero-order chi connectivity index (χ0) is 21.3. The van der Waals surface area contributed by atoms with Crippen LogP contribution in [-0.2, 0) is 15.0 Å². The molecule has 0 spiro atoms. The Morgan fingerprint density at radius 2 is 1.41 bits per heavy atom. The smallest absolute Gasteiger partial charge is 0.183 e. The number of carbonyl (C=O) groups excluding carboxylic acids is 2. The summed E-state index contributed by atoms with van der Waals surface area (Å²) in [5, 5.41) is 32.8. The molecule has 0 saturated carbocycles. The number of aldehydes is 2. The molecule has 2 aromatic rings. The molecule has 0 aliphatic heterocycles. The van der Waals surface area contributed by atoms with Crippen LogP contribution in [0, 0.1) is 5.92 Å². The van der Waals surface area contributed by atoms with Gasteiger partial charge >= 0.3 is 0 Å². The zero-order valence-electron chi connectivity index (χ0n) is 16.8. The van der Waals surface area contributed by atoms with E-state index in [1.807, 2.05) is 60.7 Å². The highest BCUT2D eigenvalue weighted by molar-refractivity contribution is 5.65. The molecule has 2 atom stereocenters. The van der Waals surface area contributed by atoms with Crippen LogP contribution in [0.2, 0.25) is 0 Å². The fourth-order valence-electron chi connectivity index (χ4n) is 4.37. The summed E-state index contributed by atoms with van der Waals surface area (Å²) >= 11 is 0. The predicted molar refractivity (Wildman–Crippen MR) is 111 cm³/mol. The van der Waals surface area contributed by atoms with E-state index in [-0.39, 0.29) is 6.42 Å². The lowest BCUT2D eigenvalue weighted by atomic mass is 9.56. The summed E-state index contributed by atoms with van der Waals surface area (Å²) in [6.07, 6.45) is 1.32. The van der Waals surface area contributed by atoms with Gasteiger partial charge in [0.1, 0.15) is 18.2 Å². The molecule has 0 heterocycles. The number of hydrogen-bond acceptors (Lipinski definition) is 5. The van der Waals surface area contributed by atoms with Crippen molar-refractivity contribution >= 4 is 12.6 Å². The average Bonchev–Trinajstić information content (AvgIpc) is 2.76. The second-order valence-electron chi connectivity index (χ2n) is 7.44. The lowest BCUT2D eigenvalue weighted by Gasteiger charge is -2.51. The quantitative estimate of drug-likeness (QED) is 0.290. The maximum atomic E-state index is 11.9. The van der Waals surface area contributed by atoms with Crippen molar-refractivity contribution in [3.8, 4) is 0 Å². The summed E-state index contributed by atoms with van der Waals surface area (Å²) in [6.45, 7) is 2.06.